The Morgan fingerprint density at radius 2 is 2.12 bits per heavy atom. The van der Waals surface area contributed by atoms with Gasteiger partial charge in [0.2, 0.25) is 10.0 Å². The lowest BCUT2D eigenvalue weighted by Crippen LogP contribution is -2.43. The van der Waals surface area contributed by atoms with Crippen molar-refractivity contribution in [1.29, 1.82) is 0 Å². The number of sulfonamides is 1. The van der Waals surface area contributed by atoms with Crippen molar-refractivity contribution in [3.8, 4) is 17.1 Å². The lowest BCUT2D eigenvalue weighted by molar-refractivity contribution is 0.246. The Balaban J connectivity index is 2.01. The van der Waals surface area contributed by atoms with Crippen LogP contribution < -0.4 is 4.74 Å². The fourth-order valence-corrected chi connectivity index (χ4v) is 5.26. The number of aromatic nitrogens is 1. The molecular formula is C18H24N2O4S. The number of ether oxygens (including phenoxy) is 1. The molecule has 2 heterocycles. The number of hydrogen-bond acceptors (Lipinski definition) is 5. The largest absolute Gasteiger partial charge is 0.495 e. The summed E-state index contributed by atoms with van der Waals surface area (Å²) < 4.78 is 38.7. The number of hydrogen-bond donors (Lipinski definition) is 0. The average Bonchev–Trinajstić information content (AvgIpc) is 3.07. The van der Waals surface area contributed by atoms with Crippen molar-refractivity contribution in [2.45, 2.75) is 50.5 Å². The van der Waals surface area contributed by atoms with Crippen LogP contribution in [0, 0.1) is 6.92 Å². The van der Waals surface area contributed by atoms with Crippen molar-refractivity contribution in [2.75, 3.05) is 13.7 Å². The number of piperidine rings is 1. The number of rotatable bonds is 5. The van der Waals surface area contributed by atoms with Crippen LogP contribution in [0.3, 0.4) is 0 Å². The zero-order valence-electron chi connectivity index (χ0n) is 14.9. The van der Waals surface area contributed by atoms with Crippen molar-refractivity contribution < 1.29 is 17.7 Å². The van der Waals surface area contributed by atoms with E-state index in [-0.39, 0.29) is 10.9 Å². The summed E-state index contributed by atoms with van der Waals surface area (Å²) in [5.74, 6) is 0.913. The molecule has 1 fully saturated rings. The maximum Gasteiger partial charge on any atom is 0.247 e. The van der Waals surface area contributed by atoms with E-state index in [1.54, 1.807) is 28.6 Å². The van der Waals surface area contributed by atoms with E-state index in [0.29, 0.717) is 18.1 Å². The molecule has 136 valence electrons. The predicted molar refractivity (Wildman–Crippen MR) is 95.0 cm³/mol. The zero-order valence-corrected chi connectivity index (χ0v) is 15.7. The highest BCUT2D eigenvalue weighted by atomic mass is 32.2. The molecule has 0 bridgehead atoms. The highest BCUT2D eigenvalue weighted by molar-refractivity contribution is 7.89. The molecule has 1 aromatic heterocycles. The maximum absolute atomic E-state index is 13.2. The van der Waals surface area contributed by atoms with Gasteiger partial charge in [-0.25, -0.2) is 8.42 Å². The van der Waals surface area contributed by atoms with Gasteiger partial charge in [0.05, 0.1) is 12.8 Å². The van der Waals surface area contributed by atoms with Crippen LogP contribution in [0.15, 0.2) is 33.7 Å². The van der Waals surface area contributed by atoms with Crippen molar-refractivity contribution in [3.05, 3.63) is 30.0 Å². The molecule has 0 saturated carbocycles. The predicted octanol–water partition coefficient (Wildman–Crippen LogP) is 3.61. The van der Waals surface area contributed by atoms with Gasteiger partial charge in [-0.1, -0.05) is 18.5 Å². The topological polar surface area (TPSA) is 72.6 Å². The van der Waals surface area contributed by atoms with E-state index in [9.17, 15) is 8.42 Å². The van der Waals surface area contributed by atoms with Gasteiger partial charge >= 0.3 is 0 Å². The van der Waals surface area contributed by atoms with Crippen LogP contribution in [-0.4, -0.2) is 37.6 Å². The molecule has 2 aromatic rings. The van der Waals surface area contributed by atoms with Crippen molar-refractivity contribution in [1.82, 2.24) is 9.46 Å². The molecule has 0 spiro atoms. The molecule has 1 atom stereocenters. The van der Waals surface area contributed by atoms with E-state index < -0.39 is 10.0 Å². The summed E-state index contributed by atoms with van der Waals surface area (Å²) in [6, 6.07) is 6.89. The quantitative estimate of drug-likeness (QED) is 0.810. The molecule has 1 unspecified atom stereocenters. The number of methoxy groups -OCH3 is 1. The third kappa shape index (κ3) is 3.43. The minimum absolute atomic E-state index is 0.0556. The second-order valence-electron chi connectivity index (χ2n) is 6.37. The normalized spacial score (nSPS) is 19.1. The molecule has 0 amide bonds. The molecule has 1 aliphatic rings. The van der Waals surface area contributed by atoms with Crippen LogP contribution in [0.1, 0.15) is 38.3 Å². The molecule has 6 nitrogen and oxygen atoms in total. The first-order valence-electron chi connectivity index (χ1n) is 8.61. The third-order valence-electron chi connectivity index (χ3n) is 4.71. The van der Waals surface area contributed by atoms with Gasteiger partial charge < -0.3 is 9.26 Å². The first-order valence-corrected chi connectivity index (χ1v) is 10.0. The smallest absolute Gasteiger partial charge is 0.247 e. The second-order valence-corrected chi connectivity index (χ2v) is 8.23. The van der Waals surface area contributed by atoms with E-state index in [1.807, 2.05) is 13.8 Å². The number of aryl methyl sites for hydroxylation is 1. The Morgan fingerprint density at radius 1 is 1.32 bits per heavy atom. The Morgan fingerprint density at radius 3 is 2.76 bits per heavy atom. The van der Waals surface area contributed by atoms with Gasteiger partial charge in [0.25, 0.3) is 0 Å². The molecular weight excluding hydrogens is 340 g/mol. The van der Waals surface area contributed by atoms with Crippen LogP contribution in [0.25, 0.3) is 11.3 Å². The molecule has 0 radical (unpaired) electrons. The van der Waals surface area contributed by atoms with E-state index in [0.717, 1.165) is 36.9 Å². The van der Waals surface area contributed by atoms with Gasteiger partial charge in [-0.2, -0.15) is 4.31 Å². The highest BCUT2D eigenvalue weighted by Crippen LogP contribution is 2.34. The van der Waals surface area contributed by atoms with Crippen LogP contribution in [0.2, 0.25) is 0 Å². The standard InChI is InChI=1S/C18H24N2O4S/c1-4-15-7-5-6-10-20(15)25(21,22)18-9-8-14(12-17(18)23-3)16-11-13(2)19-24-16/h8-9,11-12,15H,4-7,10H2,1-3H3. The summed E-state index contributed by atoms with van der Waals surface area (Å²) in [5.41, 5.74) is 1.51. The van der Waals surface area contributed by atoms with Gasteiger partial charge in [-0.05, 0) is 44.4 Å². The van der Waals surface area contributed by atoms with Gasteiger partial charge in [0.15, 0.2) is 5.76 Å². The lowest BCUT2D eigenvalue weighted by atomic mass is 10.0. The first-order chi connectivity index (χ1) is 12.0. The third-order valence-corrected chi connectivity index (χ3v) is 6.70. The van der Waals surface area contributed by atoms with E-state index in [1.165, 1.54) is 7.11 Å². The molecule has 1 aliphatic heterocycles. The minimum atomic E-state index is -3.60. The molecule has 1 saturated heterocycles. The molecule has 3 rings (SSSR count). The summed E-state index contributed by atoms with van der Waals surface area (Å²) >= 11 is 0. The SMILES string of the molecule is CCC1CCCCN1S(=O)(=O)c1ccc(-c2cc(C)no2)cc1OC. The van der Waals surface area contributed by atoms with Crippen molar-refractivity contribution >= 4 is 10.0 Å². The van der Waals surface area contributed by atoms with Crippen LogP contribution in [0.5, 0.6) is 5.75 Å². The van der Waals surface area contributed by atoms with Crippen molar-refractivity contribution in [3.63, 3.8) is 0 Å². The lowest BCUT2D eigenvalue weighted by Gasteiger charge is -2.34. The summed E-state index contributed by atoms with van der Waals surface area (Å²) in [6.07, 6.45) is 3.70. The van der Waals surface area contributed by atoms with E-state index in [2.05, 4.69) is 5.16 Å². The molecule has 1 aromatic carbocycles. The van der Waals surface area contributed by atoms with Crippen LogP contribution in [-0.2, 0) is 10.0 Å². The minimum Gasteiger partial charge on any atom is -0.495 e. The average molecular weight is 364 g/mol. The zero-order chi connectivity index (χ0) is 18.0. The van der Waals surface area contributed by atoms with E-state index >= 15 is 0 Å². The summed E-state index contributed by atoms with van der Waals surface area (Å²) in [4.78, 5) is 0.204. The number of benzene rings is 1. The Labute approximate surface area is 148 Å². The Kier molecular flexibility index (Phi) is 5.15. The molecule has 25 heavy (non-hydrogen) atoms. The van der Waals surface area contributed by atoms with Gasteiger partial charge in [-0.15, -0.1) is 0 Å². The molecule has 7 heteroatoms. The summed E-state index contributed by atoms with van der Waals surface area (Å²) in [7, 11) is -2.11. The Hall–Kier alpha value is -1.86. The van der Waals surface area contributed by atoms with Crippen LogP contribution in [0.4, 0.5) is 0 Å². The second kappa shape index (κ2) is 7.17. The number of nitrogens with zero attached hydrogens (tertiary/aromatic N) is 2. The Bertz CT molecular complexity index is 845. The highest BCUT2D eigenvalue weighted by Gasteiger charge is 2.34. The monoisotopic (exact) mass is 364 g/mol. The van der Waals surface area contributed by atoms with E-state index in [4.69, 9.17) is 9.26 Å². The summed E-state index contributed by atoms with van der Waals surface area (Å²) in [6.45, 7) is 4.43. The van der Waals surface area contributed by atoms with Gasteiger partial charge in [0, 0.05) is 24.2 Å². The fourth-order valence-electron chi connectivity index (χ4n) is 3.36. The first kappa shape index (κ1) is 17.9. The van der Waals surface area contributed by atoms with Gasteiger partial charge in [0.1, 0.15) is 10.6 Å². The molecule has 0 aliphatic carbocycles. The van der Waals surface area contributed by atoms with Crippen molar-refractivity contribution in [2.24, 2.45) is 0 Å². The fraction of sp³-hybridized carbons (Fsp3) is 0.500. The van der Waals surface area contributed by atoms with Gasteiger partial charge in [-0.3, -0.25) is 0 Å². The maximum atomic E-state index is 13.2. The van der Waals surface area contributed by atoms with Crippen LogP contribution >= 0.6 is 0 Å². The summed E-state index contributed by atoms with van der Waals surface area (Å²) in [5, 5.41) is 3.87. The molecule has 0 N–H and O–H groups in total.